The van der Waals surface area contributed by atoms with Gasteiger partial charge in [-0.15, -0.1) is 11.3 Å². The predicted octanol–water partition coefficient (Wildman–Crippen LogP) is 1.45. The summed E-state index contributed by atoms with van der Waals surface area (Å²) in [6.07, 6.45) is 4.55. The number of nitrogens with one attached hydrogen (secondary N) is 1. The summed E-state index contributed by atoms with van der Waals surface area (Å²) in [4.78, 5) is 28.0. The summed E-state index contributed by atoms with van der Waals surface area (Å²) in [7, 11) is 1.83. The van der Waals surface area contributed by atoms with Crippen LogP contribution in [-0.4, -0.2) is 37.8 Å². The largest absolute Gasteiger partial charge is 0.481 e. The quantitative estimate of drug-likeness (QED) is 0.888. The van der Waals surface area contributed by atoms with E-state index in [1.54, 1.807) is 17.8 Å². The lowest BCUT2D eigenvalue weighted by Crippen LogP contribution is -2.46. The van der Waals surface area contributed by atoms with E-state index in [0.29, 0.717) is 23.4 Å². The standard InChI is InChI=1S/C14H16N4O3S/c1-7-11(12(19)17-10-3-8(4-10)14(20)21)22-13(16-7)9-5-15-18(2)6-9/h5-6,8,10H,3-4H2,1-2H3,(H,17,19)(H,20,21). The molecule has 22 heavy (non-hydrogen) atoms. The zero-order valence-corrected chi connectivity index (χ0v) is 13.1. The molecule has 1 fully saturated rings. The van der Waals surface area contributed by atoms with Crippen molar-refractivity contribution in [2.45, 2.75) is 25.8 Å². The van der Waals surface area contributed by atoms with Crippen molar-refractivity contribution in [2.75, 3.05) is 0 Å². The zero-order chi connectivity index (χ0) is 15.9. The molecule has 1 amide bonds. The maximum Gasteiger partial charge on any atom is 0.306 e. The summed E-state index contributed by atoms with van der Waals surface area (Å²) in [5, 5.41) is 16.6. The van der Waals surface area contributed by atoms with Gasteiger partial charge in [0.05, 0.1) is 17.8 Å². The fourth-order valence-electron chi connectivity index (χ4n) is 2.45. The van der Waals surface area contributed by atoms with Crippen LogP contribution < -0.4 is 5.32 Å². The van der Waals surface area contributed by atoms with Crippen LogP contribution in [0.4, 0.5) is 0 Å². The minimum Gasteiger partial charge on any atom is -0.481 e. The molecule has 2 N–H and O–H groups in total. The fraction of sp³-hybridized carbons (Fsp3) is 0.429. The number of hydrogen-bond acceptors (Lipinski definition) is 5. The number of aliphatic carboxylic acids is 1. The third kappa shape index (κ3) is 2.74. The minimum absolute atomic E-state index is 0.0584. The lowest BCUT2D eigenvalue weighted by atomic mass is 9.80. The summed E-state index contributed by atoms with van der Waals surface area (Å²) in [5.74, 6) is -1.31. The predicted molar refractivity (Wildman–Crippen MR) is 80.7 cm³/mol. The lowest BCUT2D eigenvalue weighted by molar-refractivity contribution is -0.145. The van der Waals surface area contributed by atoms with Crippen molar-refractivity contribution in [3.05, 3.63) is 23.0 Å². The van der Waals surface area contributed by atoms with Crippen LogP contribution in [-0.2, 0) is 11.8 Å². The number of carbonyl (C=O) groups excluding carboxylic acids is 1. The van der Waals surface area contributed by atoms with Crippen molar-refractivity contribution in [3.8, 4) is 10.6 Å². The van der Waals surface area contributed by atoms with Gasteiger partial charge in [0, 0.05) is 24.8 Å². The molecule has 0 spiro atoms. The molecule has 1 saturated carbocycles. The molecule has 0 radical (unpaired) electrons. The van der Waals surface area contributed by atoms with Crippen molar-refractivity contribution in [2.24, 2.45) is 13.0 Å². The molecule has 0 aromatic carbocycles. The Hall–Kier alpha value is -2.22. The first kappa shape index (κ1) is 14.7. The first-order valence-electron chi connectivity index (χ1n) is 6.94. The van der Waals surface area contributed by atoms with Gasteiger partial charge in [0.1, 0.15) is 9.88 Å². The number of hydrogen-bond donors (Lipinski definition) is 2. The Labute approximate surface area is 131 Å². The van der Waals surface area contributed by atoms with Crippen molar-refractivity contribution in [1.29, 1.82) is 0 Å². The van der Waals surface area contributed by atoms with Crippen molar-refractivity contribution < 1.29 is 14.7 Å². The number of aromatic nitrogens is 3. The molecule has 0 atom stereocenters. The molecule has 0 saturated heterocycles. The Bertz CT molecular complexity index is 730. The van der Waals surface area contributed by atoms with Crippen molar-refractivity contribution in [1.82, 2.24) is 20.1 Å². The topological polar surface area (TPSA) is 97.1 Å². The third-order valence-corrected chi connectivity index (χ3v) is 4.98. The van der Waals surface area contributed by atoms with E-state index >= 15 is 0 Å². The van der Waals surface area contributed by atoms with E-state index in [2.05, 4.69) is 15.4 Å². The average molecular weight is 320 g/mol. The molecule has 8 heteroatoms. The van der Waals surface area contributed by atoms with E-state index in [1.807, 2.05) is 13.2 Å². The van der Waals surface area contributed by atoms with E-state index < -0.39 is 5.97 Å². The van der Waals surface area contributed by atoms with E-state index in [9.17, 15) is 9.59 Å². The van der Waals surface area contributed by atoms with Crippen molar-refractivity contribution in [3.63, 3.8) is 0 Å². The highest BCUT2D eigenvalue weighted by Crippen LogP contribution is 2.30. The molecule has 1 aliphatic rings. The number of rotatable bonds is 4. The zero-order valence-electron chi connectivity index (χ0n) is 12.2. The Morgan fingerprint density at radius 3 is 2.77 bits per heavy atom. The summed E-state index contributed by atoms with van der Waals surface area (Å²) in [5.41, 5.74) is 1.56. The molecular formula is C14H16N4O3S. The molecule has 2 heterocycles. The molecular weight excluding hydrogens is 304 g/mol. The number of aryl methyl sites for hydroxylation is 2. The maximum atomic E-state index is 12.3. The minimum atomic E-state index is -0.793. The van der Waals surface area contributed by atoms with Gasteiger partial charge in [-0.05, 0) is 19.8 Å². The number of carboxylic acid groups (broad SMARTS) is 1. The van der Waals surface area contributed by atoms with Crippen LogP contribution in [0.1, 0.15) is 28.2 Å². The molecule has 2 aromatic heterocycles. The van der Waals surface area contributed by atoms with Crippen molar-refractivity contribution >= 4 is 23.2 Å². The normalized spacial score (nSPS) is 20.5. The number of nitrogens with zero attached hydrogens (tertiary/aromatic N) is 3. The summed E-state index contributed by atoms with van der Waals surface area (Å²) in [6.45, 7) is 1.80. The Morgan fingerprint density at radius 2 is 2.18 bits per heavy atom. The van der Waals surface area contributed by atoms with Gasteiger partial charge < -0.3 is 10.4 Å². The monoisotopic (exact) mass is 320 g/mol. The molecule has 0 unspecified atom stereocenters. The molecule has 0 aliphatic heterocycles. The van der Waals surface area contributed by atoms with E-state index in [0.717, 1.165) is 10.6 Å². The number of carboxylic acids is 1. The van der Waals surface area contributed by atoms with Crippen LogP contribution >= 0.6 is 11.3 Å². The highest BCUT2D eigenvalue weighted by Gasteiger charge is 2.35. The first-order valence-corrected chi connectivity index (χ1v) is 7.76. The average Bonchev–Trinajstić information content (AvgIpc) is 2.98. The highest BCUT2D eigenvalue weighted by atomic mass is 32.1. The van der Waals surface area contributed by atoms with Gasteiger partial charge in [-0.2, -0.15) is 5.10 Å². The van der Waals surface area contributed by atoms with Gasteiger partial charge >= 0.3 is 5.97 Å². The van der Waals surface area contributed by atoms with E-state index in [4.69, 9.17) is 5.11 Å². The Balaban J connectivity index is 1.69. The van der Waals surface area contributed by atoms with Gasteiger partial charge in [0.15, 0.2) is 0 Å². The van der Waals surface area contributed by atoms with Crippen LogP contribution in [0.25, 0.3) is 10.6 Å². The smallest absolute Gasteiger partial charge is 0.306 e. The molecule has 0 bridgehead atoms. The second-order valence-electron chi connectivity index (χ2n) is 5.51. The second-order valence-corrected chi connectivity index (χ2v) is 6.51. The summed E-state index contributed by atoms with van der Waals surface area (Å²) < 4.78 is 1.69. The Morgan fingerprint density at radius 1 is 1.45 bits per heavy atom. The van der Waals surface area contributed by atoms with Gasteiger partial charge in [-0.1, -0.05) is 0 Å². The number of carbonyl (C=O) groups is 2. The first-order chi connectivity index (χ1) is 10.4. The molecule has 116 valence electrons. The SMILES string of the molecule is Cc1nc(-c2cnn(C)c2)sc1C(=O)NC1CC(C(=O)O)C1. The highest BCUT2D eigenvalue weighted by molar-refractivity contribution is 7.17. The van der Waals surface area contributed by atoms with E-state index in [-0.39, 0.29) is 17.9 Å². The summed E-state index contributed by atoms with van der Waals surface area (Å²) in [6, 6.07) is -0.0584. The summed E-state index contributed by atoms with van der Waals surface area (Å²) >= 11 is 1.32. The third-order valence-electron chi connectivity index (χ3n) is 3.78. The number of thiazole rings is 1. The van der Waals surface area contributed by atoms with Gasteiger partial charge in [-0.25, -0.2) is 4.98 Å². The van der Waals surface area contributed by atoms with E-state index in [1.165, 1.54) is 11.3 Å². The van der Waals surface area contributed by atoms with Crippen LogP contribution in [0.2, 0.25) is 0 Å². The molecule has 3 rings (SSSR count). The fourth-order valence-corrected chi connectivity index (χ4v) is 3.39. The molecule has 7 nitrogen and oxygen atoms in total. The Kier molecular flexibility index (Phi) is 3.69. The van der Waals surface area contributed by atoms with Gasteiger partial charge in [-0.3, -0.25) is 14.3 Å². The molecule has 1 aliphatic carbocycles. The second kappa shape index (κ2) is 5.53. The van der Waals surface area contributed by atoms with Gasteiger partial charge in [0.25, 0.3) is 5.91 Å². The maximum absolute atomic E-state index is 12.3. The van der Waals surface area contributed by atoms with Crippen LogP contribution in [0.15, 0.2) is 12.4 Å². The number of amides is 1. The van der Waals surface area contributed by atoms with Gasteiger partial charge in [0.2, 0.25) is 0 Å². The molecule has 2 aromatic rings. The van der Waals surface area contributed by atoms with Crippen LogP contribution in [0.5, 0.6) is 0 Å². The van der Waals surface area contributed by atoms with Crippen LogP contribution in [0, 0.1) is 12.8 Å². The lowest BCUT2D eigenvalue weighted by Gasteiger charge is -2.32. The van der Waals surface area contributed by atoms with Crippen LogP contribution in [0.3, 0.4) is 0 Å².